The smallest absolute Gasteiger partial charge is 0.164 e. The van der Waals surface area contributed by atoms with Gasteiger partial charge in [0.25, 0.3) is 0 Å². The second-order valence-corrected chi connectivity index (χ2v) is 12.7. The van der Waals surface area contributed by atoms with Crippen molar-refractivity contribution in [1.29, 1.82) is 0 Å². The summed E-state index contributed by atoms with van der Waals surface area (Å²) in [6.45, 7) is 4.67. The van der Waals surface area contributed by atoms with Crippen molar-refractivity contribution in [2.24, 2.45) is 0 Å². The van der Waals surface area contributed by atoms with Gasteiger partial charge in [-0.25, -0.2) is 15.0 Å². The van der Waals surface area contributed by atoms with E-state index in [-0.39, 0.29) is 5.41 Å². The summed E-state index contributed by atoms with van der Waals surface area (Å²) in [7, 11) is 0. The van der Waals surface area contributed by atoms with Crippen LogP contribution in [0.4, 0.5) is 0 Å². The molecule has 0 radical (unpaired) electrons. The van der Waals surface area contributed by atoms with Crippen molar-refractivity contribution in [3.8, 4) is 56.4 Å². The predicted molar refractivity (Wildman–Crippen MR) is 192 cm³/mol. The SMILES string of the molecule is CC1(C)c2ccccc2-c2cc3ccc4c(-c5nc(-c6ccccc6)nc(-c6ccccc6-c6ccncc6)n5)cccc4c3cc21. The first kappa shape index (κ1) is 27.3. The maximum atomic E-state index is 5.19. The standard InChI is InChI=1S/C43H30N4/c1-43(2)38-18-9-8-14-33(38)37-25-29-19-20-32-31(36(29)26-39(37)43)16-10-17-35(32)42-46-40(28-11-4-3-5-12-28)45-41(47-42)34-15-7-6-13-30(34)27-21-23-44-24-22-27/h3-26H,1-2H3. The van der Waals surface area contributed by atoms with Crippen LogP contribution in [0.25, 0.3) is 78.0 Å². The first-order valence-electron chi connectivity index (χ1n) is 16.0. The number of benzene rings is 6. The van der Waals surface area contributed by atoms with E-state index < -0.39 is 0 Å². The molecule has 2 aromatic heterocycles. The second-order valence-electron chi connectivity index (χ2n) is 12.7. The van der Waals surface area contributed by atoms with Crippen molar-refractivity contribution in [3.05, 3.63) is 157 Å². The Morgan fingerprint density at radius 1 is 0.404 bits per heavy atom. The number of nitrogens with zero attached hydrogens (tertiary/aromatic N) is 4. The van der Waals surface area contributed by atoms with Crippen LogP contribution >= 0.6 is 0 Å². The molecule has 1 aliphatic carbocycles. The minimum atomic E-state index is -0.0736. The molecule has 47 heavy (non-hydrogen) atoms. The number of hydrogen-bond donors (Lipinski definition) is 0. The van der Waals surface area contributed by atoms with Crippen LogP contribution < -0.4 is 0 Å². The van der Waals surface area contributed by atoms with E-state index >= 15 is 0 Å². The van der Waals surface area contributed by atoms with Crippen LogP contribution in [0.5, 0.6) is 0 Å². The number of rotatable bonds is 4. The lowest BCUT2D eigenvalue weighted by Crippen LogP contribution is -2.14. The fraction of sp³-hybridized carbons (Fsp3) is 0.0698. The van der Waals surface area contributed by atoms with Gasteiger partial charge in [0.05, 0.1) is 0 Å². The molecule has 0 aliphatic heterocycles. The maximum absolute atomic E-state index is 5.19. The van der Waals surface area contributed by atoms with Crippen molar-refractivity contribution in [2.45, 2.75) is 19.3 Å². The van der Waals surface area contributed by atoms with Gasteiger partial charge in [0.1, 0.15) is 0 Å². The van der Waals surface area contributed by atoms with Crippen LogP contribution in [0, 0.1) is 0 Å². The van der Waals surface area contributed by atoms with Crippen LogP contribution in [0.2, 0.25) is 0 Å². The first-order chi connectivity index (χ1) is 23.1. The molecule has 0 spiro atoms. The fourth-order valence-corrected chi connectivity index (χ4v) is 7.28. The van der Waals surface area contributed by atoms with E-state index in [0.29, 0.717) is 17.5 Å². The number of pyridine rings is 1. The molecule has 0 amide bonds. The maximum Gasteiger partial charge on any atom is 0.164 e. The van der Waals surface area contributed by atoms with Gasteiger partial charge < -0.3 is 0 Å². The molecule has 6 aromatic carbocycles. The Balaban J connectivity index is 1.27. The number of hydrogen-bond acceptors (Lipinski definition) is 4. The van der Waals surface area contributed by atoms with Crippen LogP contribution in [-0.4, -0.2) is 19.9 Å². The molecule has 0 N–H and O–H groups in total. The highest BCUT2D eigenvalue weighted by molar-refractivity contribution is 6.13. The van der Waals surface area contributed by atoms with Gasteiger partial charge in [0.15, 0.2) is 17.5 Å². The van der Waals surface area contributed by atoms with E-state index in [2.05, 4.69) is 110 Å². The largest absolute Gasteiger partial charge is 0.265 e. The summed E-state index contributed by atoms with van der Waals surface area (Å²) < 4.78 is 0. The van der Waals surface area contributed by atoms with Gasteiger partial charge in [-0.2, -0.15) is 0 Å². The number of aromatic nitrogens is 4. The molecule has 4 heteroatoms. The monoisotopic (exact) mass is 602 g/mol. The molecule has 0 saturated carbocycles. The van der Waals surface area contributed by atoms with Crippen molar-refractivity contribution >= 4 is 21.5 Å². The van der Waals surface area contributed by atoms with Gasteiger partial charge in [0, 0.05) is 34.5 Å². The quantitative estimate of drug-likeness (QED) is 0.188. The molecule has 222 valence electrons. The minimum absolute atomic E-state index is 0.0736. The molecule has 0 bridgehead atoms. The average molecular weight is 603 g/mol. The highest BCUT2D eigenvalue weighted by Gasteiger charge is 2.35. The lowest BCUT2D eigenvalue weighted by atomic mass is 9.81. The van der Waals surface area contributed by atoms with Crippen LogP contribution in [-0.2, 0) is 5.41 Å². The van der Waals surface area contributed by atoms with Gasteiger partial charge in [-0.15, -0.1) is 0 Å². The molecular weight excluding hydrogens is 573 g/mol. The van der Waals surface area contributed by atoms with Crippen LogP contribution in [0.3, 0.4) is 0 Å². The van der Waals surface area contributed by atoms with Gasteiger partial charge in [-0.3, -0.25) is 4.98 Å². The van der Waals surface area contributed by atoms with E-state index in [9.17, 15) is 0 Å². The molecule has 8 aromatic rings. The van der Waals surface area contributed by atoms with E-state index in [4.69, 9.17) is 15.0 Å². The van der Waals surface area contributed by atoms with Crippen molar-refractivity contribution < 1.29 is 0 Å². The Morgan fingerprint density at radius 3 is 1.87 bits per heavy atom. The summed E-state index contributed by atoms with van der Waals surface area (Å²) >= 11 is 0. The van der Waals surface area contributed by atoms with E-state index in [1.54, 1.807) is 0 Å². The third kappa shape index (κ3) is 4.37. The molecule has 4 nitrogen and oxygen atoms in total. The zero-order valence-electron chi connectivity index (χ0n) is 26.1. The van der Waals surface area contributed by atoms with Gasteiger partial charge >= 0.3 is 0 Å². The third-order valence-corrected chi connectivity index (χ3v) is 9.65. The summed E-state index contributed by atoms with van der Waals surface area (Å²) in [5.41, 5.74) is 10.3. The van der Waals surface area contributed by atoms with Gasteiger partial charge in [-0.05, 0) is 79.2 Å². The third-order valence-electron chi connectivity index (χ3n) is 9.65. The van der Waals surface area contributed by atoms with Crippen LogP contribution in [0.1, 0.15) is 25.0 Å². The molecular formula is C43H30N4. The lowest BCUT2D eigenvalue weighted by Gasteiger charge is -2.22. The summed E-state index contributed by atoms with van der Waals surface area (Å²) in [6, 6.07) is 47.0. The van der Waals surface area contributed by atoms with Crippen molar-refractivity contribution in [2.75, 3.05) is 0 Å². The molecule has 0 atom stereocenters. The Morgan fingerprint density at radius 2 is 1.06 bits per heavy atom. The normalized spacial score (nSPS) is 13.1. The lowest BCUT2D eigenvalue weighted by molar-refractivity contribution is 0.661. The first-order valence-corrected chi connectivity index (χ1v) is 16.0. The summed E-state index contributed by atoms with van der Waals surface area (Å²) in [5, 5.41) is 4.78. The van der Waals surface area contributed by atoms with Crippen molar-refractivity contribution in [3.63, 3.8) is 0 Å². The zero-order chi connectivity index (χ0) is 31.5. The minimum Gasteiger partial charge on any atom is -0.265 e. The summed E-state index contributed by atoms with van der Waals surface area (Å²) in [6.07, 6.45) is 3.63. The Kier molecular flexibility index (Phi) is 6.12. The Labute approximate surface area is 273 Å². The van der Waals surface area contributed by atoms with Gasteiger partial charge in [0.2, 0.25) is 0 Å². The molecule has 2 heterocycles. The molecule has 0 fully saturated rings. The topological polar surface area (TPSA) is 51.6 Å². The number of fused-ring (bicyclic) bond motifs is 6. The molecule has 9 rings (SSSR count). The zero-order valence-corrected chi connectivity index (χ0v) is 26.1. The fourth-order valence-electron chi connectivity index (χ4n) is 7.28. The Hall–Kier alpha value is -6.00. The summed E-state index contributed by atoms with van der Waals surface area (Å²) in [4.78, 5) is 19.6. The summed E-state index contributed by atoms with van der Waals surface area (Å²) in [5.74, 6) is 1.93. The van der Waals surface area contributed by atoms with E-state index in [1.165, 1.54) is 38.4 Å². The average Bonchev–Trinajstić information content (AvgIpc) is 3.36. The predicted octanol–water partition coefficient (Wildman–Crippen LogP) is 10.5. The molecule has 0 unspecified atom stereocenters. The molecule has 0 saturated heterocycles. The molecule has 1 aliphatic rings. The van der Waals surface area contributed by atoms with E-state index in [0.717, 1.165) is 33.2 Å². The Bertz CT molecular complexity index is 2480. The highest BCUT2D eigenvalue weighted by Crippen LogP contribution is 2.50. The van der Waals surface area contributed by atoms with Crippen molar-refractivity contribution in [1.82, 2.24) is 19.9 Å². The van der Waals surface area contributed by atoms with E-state index in [1.807, 2.05) is 54.9 Å². The highest BCUT2D eigenvalue weighted by atomic mass is 15.0. The van der Waals surface area contributed by atoms with Crippen LogP contribution in [0.15, 0.2) is 146 Å². The second kappa shape index (κ2) is 10.5. The van der Waals surface area contributed by atoms with Gasteiger partial charge in [-0.1, -0.05) is 123 Å².